The highest BCUT2D eigenvalue weighted by Crippen LogP contribution is 2.24. The maximum atomic E-state index is 12.3. The number of carbonyl (C=O) groups is 1. The Labute approximate surface area is 143 Å². The van der Waals surface area contributed by atoms with Crippen LogP contribution in [0.15, 0.2) is 48.5 Å². The zero-order chi connectivity index (χ0) is 17.5. The van der Waals surface area contributed by atoms with Crippen molar-refractivity contribution < 1.29 is 14.3 Å². The van der Waals surface area contributed by atoms with Crippen LogP contribution in [0.4, 0.5) is 0 Å². The minimum atomic E-state index is -0.132. The maximum Gasteiger partial charge on any atom is 0.258 e. The molecule has 0 fully saturated rings. The van der Waals surface area contributed by atoms with Gasteiger partial charge in [-0.15, -0.1) is 0 Å². The molecule has 2 aromatic rings. The Morgan fingerprint density at radius 3 is 2.33 bits per heavy atom. The Morgan fingerprint density at radius 2 is 1.75 bits per heavy atom. The van der Waals surface area contributed by atoms with Crippen molar-refractivity contribution in [2.75, 3.05) is 13.7 Å². The van der Waals surface area contributed by atoms with Crippen LogP contribution in [0.2, 0.25) is 0 Å². The minimum absolute atomic E-state index is 0.00419. The van der Waals surface area contributed by atoms with Crippen LogP contribution in [0.3, 0.4) is 0 Å². The first kappa shape index (κ1) is 17.9. The van der Waals surface area contributed by atoms with Gasteiger partial charge < -0.3 is 14.8 Å². The lowest BCUT2D eigenvalue weighted by molar-refractivity contribution is -0.124. The zero-order valence-electron chi connectivity index (χ0n) is 14.7. The second-order valence-corrected chi connectivity index (χ2v) is 6.12. The van der Waals surface area contributed by atoms with Gasteiger partial charge in [-0.2, -0.15) is 0 Å². The molecule has 0 bridgehead atoms. The van der Waals surface area contributed by atoms with Crippen LogP contribution in [0.5, 0.6) is 11.5 Å². The number of amides is 1. The van der Waals surface area contributed by atoms with Crippen molar-refractivity contribution in [1.29, 1.82) is 0 Å². The smallest absolute Gasteiger partial charge is 0.258 e. The monoisotopic (exact) mass is 327 g/mol. The highest BCUT2D eigenvalue weighted by Gasteiger charge is 2.18. The third-order valence-corrected chi connectivity index (χ3v) is 3.91. The summed E-state index contributed by atoms with van der Waals surface area (Å²) in [5.41, 5.74) is 2.07. The molecule has 0 radical (unpaired) electrons. The first-order chi connectivity index (χ1) is 11.5. The molecule has 0 aliphatic carbocycles. The van der Waals surface area contributed by atoms with E-state index < -0.39 is 0 Å². The van der Waals surface area contributed by atoms with E-state index in [0.717, 1.165) is 22.6 Å². The molecule has 1 N–H and O–H groups in total. The number of aryl methyl sites for hydroxylation is 1. The molecule has 2 rings (SSSR count). The van der Waals surface area contributed by atoms with Crippen LogP contribution in [0.1, 0.15) is 31.0 Å². The second-order valence-electron chi connectivity index (χ2n) is 6.12. The molecule has 0 unspecified atom stereocenters. The maximum absolute atomic E-state index is 12.3. The molecular formula is C20H25NO3. The van der Waals surface area contributed by atoms with Crippen molar-refractivity contribution in [1.82, 2.24) is 5.32 Å². The van der Waals surface area contributed by atoms with E-state index in [1.165, 1.54) is 0 Å². The fraction of sp³-hybridized carbons (Fsp3) is 0.350. The van der Waals surface area contributed by atoms with E-state index in [9.17, 15) is 4.79 Å². The van der Waals surface area contributed by atoms with Gasteiger partial charge in [-0.25, -0.2) is 0 Å². The number of carbonyl (C=O) groups excluding carboxylic acids is 1. The van der Waals surface area contributed by atoms with Gasteiger partial charge in [0.15, 0.2) is 6.61 Å². The highest BCUT2D eigenvalue weighted by atomic mass is 16.5. The largest absolute Gasteiger partial charge is 0.497 e. The molecule has 0 spiro atoms. The molecule has 4 heteroatoms. The number of hydrogen-bond acceptors (Lipinski definition) is 3. The quantitative estimate of drug-likeness (QED) is 0.839. The summed E-state index contributed by atoms with van der Waals surface area (Å²) >= 11 is 0. The average Bonchev–Trinajstić information content (AvgIpc) is 2.59. The van der Waals surface area contributed by atoms with Crippen LogP contribution in [0.25, 0.3) is 0 Å². The van der Waals surface area contributed by atoms with E-state index in [4.69, 9.17) is 9.47 Å². The Morgan fingerprint density at radius 1 is 1.08 bits per heavy atom. The molecule has 2 aromatic carbocycles. The van der Waals surface area contributed by atoms with Crippen molar-refractivity contribution in [2.45, 2.75) is 26.8 Å². The average molecular weight is 327 g/mol. The SMILES string of the molecule is COc1ccc([C@@H](NC(=O)COc2ccccc2C)C(C)C)cc1. The summed E-state index contributed by atoms with van der Waals surface area (Å²) in [6.07, 6.45) is 0. The van der Waals surface area contributed by atoms with Gasteiger partial charge in [0.25, 0.3) is 5.91 Å². The van der Waals surface area contributed by atoms with Crippen molar-refractivity contribution in [3.63, 3.8) is 0 Å². The third kappa shape index (κ3) is 4.75. The molecule has 0 aromatic heterocycles. The lowest BCUT2D eigenvalue weighted by Gasteiger charge is -2.23. The van der Waals surface area contributed by atoms with Crippen molar-refractivity contribution in [2.24, 2.45) is 5.92 Å². The van der Waals surface area contributed by atoms with Crippen molar-refractivity contribution in [3.05, 3.63) is 59.7 Å². The van der Waals surface area contributed by atoms with Crippen LogP contribution in [-0.2, 0) is 4.79 Å². The van der Waals surface area contributed by atoms with Gasteiger partial charge in [-0.05, 0) is 42.2 Å². The number of para-hydroxylation sites is 1. The van der Waals surface area contributed by atoms with Crippen LogP contribution < -0.4 is 14.8 Å². The van der Waals surface area contributed by atoms with E-state index in [-0.39, 0.29) is 24.5 Å². The topological polar surface area (TPSA) is 47.6 Å². The third-order valence-electron chi connectivity index (χ3n) is 3.91. The molecule has 4 nitrogen and oxygen atoms in total. The number of rotatable bonds is 7. The van der Waals surface area contributed by atoms with E-state index in [1.807, 2.05) is 55.5 Å². The molecule has 0 saturated carbocycles. The Balaban J connectivity index is 1.99. The van der Waals surface area contributed by atoms with Gasteiger partial charge in [0.05, 0.1) is 13.2 Å². The second kappa shape index (κ2) is 8.39. The standard InChI is InChI=1S/C20H25NO3/c1-14(2)20(16-9-11-17(23-4)12-10-16)21-19(22)13-24-18-8-6-5-7-15(18)3/h5-12,14,20H,13H2,1-4H3,(H,21,22)/t20-/m0/s1. The predicted octanol–water partition coefficient (Wildman–Crippen LogP) is 3.90. The molecule has 0 heterocycles. The van der Waals surface area contributed by atoms with Gasteiger partial charge in [0, 0.05) is 0 Å². The number of benzene rings is 2. The molecular weight excluding hydrogens is 302 g/mol. The van der Waals surface area contributed by atoms with Crippen LogP contribution in [-0.4, -0.2) is 19.6 Å². The van der Waals surface area contributed by atoms with Gasteiger partial charge in [-0.3, -0.25) is 4.79 Å². The molecule has 24 heavy (non-hydrogen) atoms. The summed E-state index contributed by atoms with van der Waals surface area (Å²) in [5.74, 6) is 1.67. The fourth-order valence-corrected chi connectivity index (χ4v) is 2.52. The fourth-order valence-electron chi connectivity index (χ4n) is 2.52. The molecule has 0 aliphatic heterocycles. The molecule has 0 aliphatic rings. The first-order valence-electron chi connectivity index (χ1n) is 8.13. The summed E-state index contributed by atoms with van der Waals surface area (Å²) in [6.45, 7) is 6.13. The summed E-state index contributed by atoms with van der Waals surface area (Å²) in [5, 5.41) is 3.06. The predicted molar refractivity (Wildman–Crippen MR) is 95.4 cm³/mol. The Bertz CT molecular complexity index is 665. The van der Waals surface area contributed by atoms with Gasteiger partial charge in [-0.1, -0.05) is 44.2 Å². The Hall–Kier alpha value is -2.49. The molecule has 1 atom stereocenters. The lowest BCUT2D eigenvalue weighted by atomic mass is 9.96. The van der Waals surface area contributed by atoms with E-state index >= 15 is 0 Å². The van der Waals surface area contributed by atoms with Crippen molar-refractivity contribution in [3.8, 4) is 11.5 Å². The molecule has 0 saturated heterocycles. The molecule has 128 valence electrons. The van der Waals surface area contributed by atoms with E-state index in [0.29, 0.717) is 0 Å². The first-order valence-corrected chi connectivity index (χ1v) is 8.13. The molecule has 1 amide bonds. The summed E-state index contributed by atoms with van der Waals surface area (Å²) in [4.78, 5) is 12.3. The van der Waals surface area contributed by atoms with E-state index in [1.54, 1.807) is 7.11 Å². The number of methoxy groups -OCH3 is 1. The van der Waals surface area contributed by atoms with Crippen LogP contribution >= 0.6 is 0 Å². The van der Waals surface area contributed by atoms with Gasteiger partial charge in [0.1, 0.15) is 11.5 Å². The minimum Gasteiger partial charge on any atom is -0.497 e. The normalized spacial score (nSPS) is 11.9. The van der Waals surface area contributed by atoms with E-state index in [2.05, 4.69) is 19.2 Å². The summed E-state index contributed by atoms with van der Waals surface area (Å²) in [7, 11) is 1.64. The Kier molecular flexibility index (Phi) is 6.24. The number of hydrogen-bond donors (Lipinski definition) is 1. The highest BCUT2D eigenvalue weighted by molar-refractivity contribution is 5.78. The summed E-state index contributed by atoms with van der Waals surface area (Å²) < 4.78 is 10.8. The van der Waals surface area contributed by atoms with Gasteiger partial charge >= 0.3 is 0 Å². The summed E-state index contributed by atoms with van der Waals surface area (Å²) in [6, 6.07) is 15.4. The van der Waals surface area contributed by atoms with Crippen LogP contribution in [0, 0.1) is 12.8 Å². The lowest BCUT2D eigenvalue weighted by Crippen LogP contribution is -2.35. The number of nitrogens with one attached hydrogen (secondary N) is 1. The van der Waals surface area contributed by atoms with Gasteiger partial charge in [0.2, 0.25) is 0 Å². The number of ether oxygens (including phenoxy) is 2. The zero-order valence-corrected chi connectivity index (χ0v) is 14.7. The van der Waals surface area contributed by atoms with Crippen molar-refractivity contribution >= 4 is 5.91 Å².